The molecule has 1 heterocycles. The van der Waals surface area contributed by atoms with Crippen molar-refractivity contribution in [3.05, 3.63) is 23.8 Å². The van der Waals surface area contributed by atoms with E-state index in [9.17, 15) is 4.79 Å². The maximum absolute atomic E-state index is 11.6. The van der Waals surface area contributed by atoms with Crippen molar-refractivity contribution in [2.45, 2.75) is 32.1 Å². The van der Waals surface area contributed by atoms with Crippen molar-refractivity contribution in [2.24, 2.45) is 5.92 Å². The predicted molar refractivity (Wildman–Crippen MR) is 66.2 cm³/mol. The Labute approximate surface area is 104 Å². The fourth-order valence-corrected chi connectivity index (χ4v) is 1.25. The lowest BCUT2D eigenvalue weighted by Gasteiger charge is -2.13. The molecule has 0 aliphatic carbocycles. The fourth-order valence-electron chi connectivity index (χ4n) is 1.09. The Morgan fingerprint density at radius 2 is 2.12 bits per heavy atom. The lowest BCUT2D eigenvalue weighted by molar-refractivity contribution is -0.121. The quantitative estimate of drug-likeness (QED) is 0.859. The van der Waals surface area contributed by atoms with Crippen LogP contribution in [0.2, 0.25) is 0 Å². The molecule has 0 saturated heterocycles. The standard InChI is InChI=1S/C11H16BrN3O/c1-7(2)10(12)11(16)15-6-9-5-13-8(3)4-14-9/h4-5,7,10H,6H2,1-3H3,(H,15,16). The summed E-state index contributed by atoms with van der Waals surface area (Å²) in [6, 6.07) is 0. The Balaban J connectivity index is 2.46. The molecule has 1 N–H and O–H groups in total. The van der Waals surface area contributed by atoms with Crippen LogP contribution in [-0.4, -0.2) is 20.7 Å². The first-order valence-corrected chi connectivity index (χ1v) is 6.11. The third-order valence-corrected chi connectivity index (χ3v) is 3.59. The first-order chi connectivity index (χ1) is 7.50. The average Bonchev–Trinajstić information content (AvgIpc) is 2.26. The first kappa shape index (κ1) is 13.1. The zero-order chi connectivity index (χ0) is 12.1. The maximum Gasteiger partial charge on any atom is 0.234 e. The number of halogens is 1. The molecule has 1 rings (SSSR count). The van der Waals surface area contributed by atoms with Gasteiger partial charge in [-0.2, -0.15) is 0 Å². The SMILES string of the molecule is Cc1cnc(CNC(=O)C(Br)C(C)C)cn1. The molecule has 1 unspecified atom stereocenters. The monoisotopic (exact) mass is 285 g/mol. The van der Waals surface area contributed by atoms with Gasteiger partial charge in [0.05, 0.1) is 29.0 Å². The van der Waals surface area contributed by atoms with Crippen molar-refractivity contribution in [1.82, 2.24) is 15.3 Å². The number of aryl methyl sites for hydroxylation is 1. The van der Waals surface area contributed by atoms with Crippen LogP contribution in [0.15, 0.2) is 12.4 Å². The van der Waals surface area contributed by atoms with Crippen molar-refractivity contribution < 1.29 is 4.79 Å². The van der Waals surface area contributed by atoms with E-state index in [4.69, 9.17) is 0 Å². The van der Waals surface area contributed by atoms with Crippen LogP contribution in [0.4, 0.5) is 0 Å². The summed E-state index contributed by atoms with van der Waals surface area (Å²) in [6.07, 6.45) is 3.36. The van der Waals surface area contributed by atoms with Crippen molar-refractivity contribution in [3.63, 3.8) is 0 Å². The van der Waals surface area contributed by atoms with E-state index in [-0.39, 0.29) is 16.7 Å². The van der Waals surface area contributed by atoms with E-state index in [1.165, 1.54) is 0 Å². The normalized spacial score (nSPS) is 12.6. The number of rotatable bonds is 4. The lowest BCUT2D eigenvalue weighted by Crippen LogP contribution is -2.33. The Morgan fingerprint density at radius 1 is 1.44 bits per heavy atom. The summed E-state index contributed by atoms with van der Waals surface area (Å²) in [6.45, 7) is 6.28. The Hall–Kier alpha value is -0.970. The summed E-state index contributed by atoms with van der Waals surface area (Å²) in [5.41, 5.74) is 1.64. The number of nitrogens with zero attached hydrogens (tertiary/aromatic N) is 2. The van der Waals surface area contributed by atoms with E-state index in [1.807, 2.05) is 20.8 Å². The Morgan fingerprint density at radius 3 is 2.62 bits per heavy atom. The van der Waals surface area contributed by atoms with E-state index >= 15 is 0 Å². The summed E-state index contributed by atoms with van der Waals surface area (Å²) < 4.78 is 0. The van der Waals surface area contributed by atoms with Crippen LogP contribution in [-0.2, 0) is 11.3 Å². The number of hydrogen-bond acceptors (Lipinski definition) is 3. The zero-order valence-electron chi connectivity index (χ0n) is 9.70. The minimum absolute atomic E-state index is 0.0163. The van der Waals surface area contributed by atoms with Gasteiger partial charge in [0, 0.05) is 6.20 Å². The molecule has 0 saturated carbocycles. The Kier molecular flexibility index (Phi) is 4.86. The molecule has 0 aliphatic rings. The van der Waals surface area contributed by atoms with E-state index in [1.54, 1.807) is 12.4 Å². The molecule has 0 fully saturated rings. The van der Waals surface area contributed by atoms with Gasteiger partial charge in [-0.25, -0.2) is 0 Å². The van der Waals surface area contributed by atoms with Gasteiger partial charge in [-0.3, -0.25) is 14.8 Å². The number of carbonyl (C=O) groups is 1. The van der Waals surface area contributed by atoms with Gasteiger partial charge in [-0.15, -0.1) is 0 Å². The summed E-state index contributed by atoms with van der Waals surface area (Å²) in [7, 11) is 0. The molecule has 1 amide bonds. The largest absolute Gasteiger partial charge is 0.349 e. The summed E-state index contributed by atoms with van der Waals surface area (Å²) in [5.74, 6) is 0.251. The third kappa shape index (κ3) is 3.89. The average molecular weight is 286 g/mol. The molecular weight excluding hydrogens is 270 g/mol. The van der Waals surface area contributed by atoms with Gasteiger partial charge in [-0.1, -0.05) is 29.8 Å². The van der Waals surface area contributed by atoms with Crippen LogP contribution in [0.25, 0.3) is 0 Å². The lowest BCUT2D eigenvalue weighted by atomic mass is 10.1. The van der Waals surface area contributed by atoms with Crippen LogP contribution in [0.5, 0.6) is 0 Å². The molecule has 1 atom stereocenters. The first-order valence-electron chi connectivity index (χ1n) is 5.20. The molecule has 1 aromatic rings. The van der Waals surface area contributed by atoms with E-state index in [2.05, 4.69) is 31.2 Å². The summed E-state index contributed by atoms with van der Waals surface area (Å²) in [5, 5.41) is 2.81. The number of aromatic nitrogens is 2. The number of nitrogens with one attached hydrogen (secondary N) is 1. The van der Waals surface area contributed by atoms with Crippen LogP contribution >= 0.6 is 15.9 Å². The topological polar surface area (TPSA) is 54.9 Å². The van der Waals surface area contributed by atoms with E-state index in [0.717, 1.165) is 11.4 Å². The second-order valence-corrected chi connectivity index (χ2v) is 5.00. The zero-order valence-corrected chi connectivity index (χ0v) is 11.3. The van der Waals surface area contributed by atoms with Crippen molar-refractivity contribution >= 4 is 21.8 Å². The van der Waals surface area contributed by atoms with Gasteiger partial charge < -0.3 is 5.32 Å². The van der Waals surface area contributed by atoms with Crippen molar-refractivity contribution in [3.8, 4) is 0 Å². The molecular formula is C11H16BrN3O. The molecule has 1 aromatic heterocycles. The minimum Gasteiger partial charge on any atom is -0.349 e. The molecule has 0 aliphatic heterocycles. The van der Waals surface area contributed by atoms with Crippen LogP contribution in [0.3, 0.4) is 0 Å². The second-order valence-electron chi connectivity index (χ2n) is 4.01. The van der Waals surface area contributed by atoms with Gasteiger partial charge in [0.25, 0.3) is 0 Å². The molecule has 88 valence electrons. The Bertz CT molecular complexity index is 351. The van der Waals surface area contributed by atoms with Crippen LogP contribution < -0.4 is 5.32 Å². The molecule has 0 aromatic carbocycles. The molecule has 0 radical (unpaired) electrons. The van der Waals surface area contributed by atoms with Crippen LogP contribution in [0, 0.1) is 12.8 Å². The predicted octanol–water partition coefficient (Wildman–Crippen LogP) is 1.82. The highest BCUT2D eigenvalue weighted by molar-refractivity contribution is 9.10. The number of hydrogen-bond donors (Lipinski definition) is 1. The number of alkyl halides is 1. The maximum atomic E-state index is 11.6. The van der Waals surface area contributed by atoms with Gasteiger partial charge in [0.1, 0.15) is 0 Å². The summed E-state index contributed by atoms with van der Waals surface area (Å²) >= 11 is 3.34. The van der Waals surface area contributed by atoms with Crippen molar-refractivity contribution in [1.29, 1.82) is 0 Å². The number of carbonyl (C=O) groups excluding carboxylic acids is 1. The molecule has 5 heteroatoms. The highest BCUT2D eigenvalue weighted by atomic mass is 79.9. The molecule has 4 nitrogen and oxygen atoms in total. The van der Waals surface area contributed by atoms with E-state index in [0.29, 0.717) is 6.54 Å². The van der Waals surface area contributed by atoms with Crippen molar-refractivity contribution in [2.75, 3.05) is 0 Å². The fraction of sp³-hybridized carbons (Fsp3) is 0.545. The highest BCUT2D eigenvalue weighted by Crippen LogP contribution is 2.11. The highest BCUT2D eigenvalue weighted by Gasteiger charge is 2.17. The second kappa shape index (κ2) is 5.94. The van der Waals surface area contributed by atoms with Gasteiger partial charge in [0.2, 0.25) is 5.91 Å². The molecule has 16 heavy (non-hydrogen) atoms. The van der Waals surface area contributed by atoms with E-state index < -0.39 is 0 Å². The summed E-state index contributed by atoms with van der Waals surface area (Å²) in [4.78, 5) is 19.7. The van der Waals surface area contributed by atoms with Gasteiger partial charge >= 0.3 is 0 Å². The van der Waals surface area contributed by atoms with Crippen LogP contribution in [0.1, 0.15) is 25.2 Å². The minimum atomic E-state index is -0.161. The van der Waals surface area contributed by atoms with Gasteiger partial charge in [-0.05, 0) is 12.8 Å². The number of amides is 1. The molecule has 0 spiro atoms. The third-order valence-electron chi connectivity index (χ3n) is 2.11. The molecule has 0 bridgehead atoms. The van der Waals surface area contributed by atoms with Gasteiger partial charge in [0.15, 0.2) is 0 Å². The smallest absolute Gasteiger partial charge is 0.234 e.